The molecule has 2 aromatic carbocycles. The van der Waals surface area contributed by atoms with Crippen molar-refractivity contribution in [1.82, 2.24) is 0 Å². The van der Waals surface area contributed by atoms with Gasteiger partial charge in [0.25, 0.3) is 5.91 Å². The maximum Gasteiger partial charge on any atom is 0.255 e. The molecule has 0 radical (unpaired) electrons. The van der Waals surface area contributed by atoms with Gasteiger partial charge in [-0.3, -0.25) is 4.79 Å². The second kappa shape index (κ2) is 7.38. The average Bonchev–Trinajstić information content (AvgIpc) is 2.51. The Kier molecular flexibility index (Phi) is 5.50. The van der Waals surface area contributed by atoms with Gasteiger partial charge in [0.2, 0.25) is 0 Å². The van der Waals surface area contributed by atoms with Crippen molar-refractivity contribution in [3.05, 3.63) is 52.0 Å². The summed E-state index contributed by atoms with van der Waals surface area (Å²) < 4.78 is 10.7. The van der Waals surface area contributed by atoms with E-state index in [0.717, 1.165) is 11.3 Å². The molecule has 0 aliphatic heterocycles. The van der Waals surface area contributed by atoms with Gasteiger partial charge in [-0.15, -0.1) is 0 Å². The zero-order valence-corrected chi connectivity index (χ0v) is 14.5. The second-order valence-corrected chi connectivity index (χ2v) is 5.58. The highest BCUT2D eigenvalue weighted by Crippen LogP contribution is 2.36. The summed E-state index contributed by atoms with van der Waals surface area (Å²) in [5.41, 5.74) is 3.44. The molecule has 0 heterocycles. The molecule has 0 saturated heterocycles. The number of methoxy groups -OCH3 is 1. The van der Waals surface area contributed by atoms with Crippen LogP contribution in [0, 0.1) is 13.8 Å². The summed E-state index contributed by atoms with van der Waals surface area (Å²) in [4.78, 5) is 12.5. The number of nitrogens with one attached hydrogen (secondary N) is 1. The summed E-state index contributed by atoms with van der Waals surface area (Å²) >= 11 is 6.18. The molecular formula is C18H20ClNO3. The van der Waals surface area contributed by atoms with Gasteiger partial charge in [-0.05, 0) is 56.2 Å². The molecule has 0 atom stereocenters. The van der Waals surface area contributed by atoms with Gasteiger partial charge >= 0.3 is 0 Å². The van der Waals surface area contributed by atoms with E-state index in [-0.39, 0.29) is 5.91 Å². The van der Waals surface area contributed by atoms with Crippen LogP contribution in [0.15, 0.2) is 30.3 Å². The van der Waals surface area contributed by atoms with Crippen LogP contribution in [-0.4, -0.2) is 19.6 Å². The first-order valence-corrected chi connectivity index (χ1v) is 7.73. The predicted molar refractivity (Wildman–Crippen MR) is 93.0 cm³/mol. The maximum absolute atomic E-state index is 12.5. The molecule has 5 heteroatoms. The Hall–Kier alpha value is -2.20. The van der Waals surface area contributed by atoms with Crippen LogP contribution in [0.3, 0.4) is 0 Å². The second-order valence-electron chi connectivity index (χ2n) is 5.18. The van der Waals surface area contributed by atoms with Gasteiger partial charge in [0, 0.05) is 11.3 Å². The number of ether oxygens (including phenoxy) is 2. The lowest BCUT2D eigenvalue weighted by atomic mass is 10.1. The third-order valence-electron chi connectivity index (χ3n) is 3.54. The van der Waals surface area contributed by atoms with E-state index in [0.29, 0.717) is 28.7 Å². The van der Waals surface area contributed by atoms with E-state index in [1.54, 1.807) is 12.1 Å². The zero-order chi connectivity index (χ0) is 17.0. The van der Waals surface area contributed by atoms with Gasteiger partial charge in [0.15, 0.2) is 11.5 Å². The van der Waals surface area contributed by atoms with E-state index < -0.39 is 0 Å². The van der Waals surface area contributed by atoms with Crippen LogP contribution in [0.25, 0.3) is 0 Å². The molecule has 2 rings (SSSR count). The normalized spacial score (nSPS) is 10.3. The molecule has 0 bridgehead atoms. The number of anilines is 1. The van der Waals surface area contributed by atoms with Gasteiger partial charge in [0.1, 0.15) is 0 Å². The topological polar surface area (TPSA) is 47.6 Å². The molecule has 1 amide bonds. The highest BCUT2D eigenvalue weighted by atomic mass is 35.5. The molecule has 0 aliphatic carbocycles. The number of carbonyl (C=O) groups is 1. The molecular weight excluding hydrogens is 314 g/mol. The van der Waals surface area contributed by atoms with E-state index >= 15 is 0 Å². The summed E-state index contributed by atoms with van der Waals surface area (Å²) in [5, 5.41) is 3.20. The lowest BCUT2D eigenvalue weighted by molar-refractivity contribution is 0.102. The van der Waals surface area contributed by atoms with Crippen LogP contribution in [0.5, 0.6) is 11.5 Å². The number of halogens is 1. The molecule has 0 saturated carbocycles. The average molecular weight is 334 g/mol. The van der Waals surface area contributed by atoms with Gasteiger partial charge in [-0.2, -0.15) is 0 Å². The summed E-state index contributed by atoms with van der Waals surface area (Å²) in [6.07, 6.45) is 0. The Balaban J connectivity index is 2.29. The minimum Gasteiger partial charge on any atom is -0.491 e. The van der Waals surface area contributed by atoms with Crippen LogP contribution in [0.1, 0.15) is 28.4 Å². The molecule has 0 aliphatic rings. The fraction of sp³-hybridized carbons (Fsp3) is 0.278. The third kappa shape index (κ3) is 3.96. The van der Waals surface area contributed by atoms with Crippen LogP contribution in [-0.2, 0) is 0 Å². The molecule has 0 spiro atoms. The number of hydrogen-bond acceptors (Lipinski definition) is 3. The lowest BCUT2D eigenvalue weighted by Gasteiger charge is -2.13. The Morgan fingerprint density at radius 2 is 1.91 bits per heavy atom. The number of hydrogen-bond donors (Lipinski definition) is 1. The number of benzene rings is 2. The van der Waals surface area contributed by atoms with E-state index in [4.69, 9.17) is 21.1 Å². The zero-order valence-electron chi connectivity index (χ0n) is 13.7. The van der Waals surface area contributed by atoms with Crippen molar-refractivity contribution >= 4 is 23.2 Å². The van der Waals surface area contributed by atoms with Crippen molar-refractivity contribution in [3.8, 4) is 11.5 Å². The quantitative estimate of drug-likeness (QED) is 0.868. The third-order valence-corrected chi connectivity index (χ3v) is 3.82. The summed E-state index contributed by atoms with van der Waals surface area (Å²) in [5.74, 6) is 0.628. The van der Waals surface area contributed by atoms with Crippen molar-refractivity contribution in [2.45, 2.75) is 20.8 Å². The fourth-order valence-electron chi connectivity index (χ4n) is 2.18. The van der Waals surface area contributed by atoms with Crippen LogP contribution < -0.4 is 14.8 Å². The molecule has 4 nitrogen and oxygen atoms in total. The van der Waals surface area contributed by atoms with Crippen molar-refractivity contribution in [2.24, 2.45) is 0 Å². The van der Waals surface area contributed by atoms with Gasteiger partial charge in [-0.1, -0.05) is 17.7 Å². The Bertz CT molecular complexity index is 728. The molecule has 2 aromatic rings. The number of rotatable bonds is 5. The molecule has 0 aromatic heterocycles. The van der Waals surface area contributed by atoms with Crippen molar-refractivity contribution in [3.63, 3.8) is 0 Å². The van der Waals surface area contributed by atoms with Crippen LogP contribution in [0.4, 0.5) is 5.69 Å². The van der Waals surface area contributed by atoms with Crippen LogP contribution in [0.2, 0.25) is 5.02 Å². The molecule has 122 valence electrons. The smallest absolute Gasteiger partial charge is 0.255 e. The maximum atomic E-state index is 12.5. The number of carbonyl (C=O) groups excluding carboxylic acids is 1. The Morgan fingerprint density at radius 3 is 2.52 bits per heavy atom. The SMILES string of the molecule is CCOc1cc(C(=O)Nc2ccc(C)c(C)c2)cc(Cl)c1OC. The first-order valence-electron chi connectivity index (χ1n) is 7.35. The number of amides is 1. The summed E-state index contributed by atoms with van der Waals surface area (Å²) in [6.45, 7) is 6.34. The number of aryl methyl sites for hydroxylation is 2. The highest BCUT2D eigenvalue weighted by molar-refractivity contribution is 6.32. The van der Waals surface area contributed by atoms with E-state index in [1.165, 1.54) is 12.7 Å². The van der Waals surface area contributed by atoms with Crippen molar-refractivity contribution in [1.29, 1.82) is 0 Å². The standard InChI is InChI=1S/C18H20ClNO3/c1-5-23-16-10-13(9-15(19)17(16)22-4)18(21)20-14-7-6-11(2)12(3)8-14/h6-10H,5H2,1-4H3,(H,20,21). The minimum absolute atomic E-state index is 0.251. The predicted octanol–water partition coefficient (Wildman–Crippen LogP) is 4.62. The lowest BCUT2D eigenvalue weighted by Crippen LogP contribution is -2.12. The first-order chi connectivity index (χ1) is 11.0. The van der Waals surface area contributed by atoms with Crippen molar-refractivity contribution in [2.75, 3.05) is 19.0 Å². The van der Waals surface area contributed by atoms with Gasteiger partial charge in [0.05, 0.1) is 18.7 Å². The van der Waals surface area contributed by atoms with Crippen LogP contribution >= 0.6 is 11.6 Å². The molecule has 1 N–H and O–H groups in total. The van der Waals surface area contributed by atoms with E-state index in [1.807, 2.05) is 39.0 Å². The van der Waals surface area contributed by atoms with E-state index in [9.17, 15) is 4.79 Å². The first kappa shape index (κ1) is 17.2. The van der Waals surface area contributed by atoms with E-state index in [2.05, 4.69) is 5.32 Å². The minimum atomic E-state index is -0.251. The van der Waals surface area contributed by atoms with Crippen molar-refractivity contribution < 1.29 is 14.3 Å². The molecule has 0 fully saturated rings. The van der Waals surface area contributed by atoms with Gasteiger partial charge < -0.3 is 14.8 Å². The Morgan fingerprint density at radius 1 is 1.17 bits per heavy atom. The monoisotopic (exact) mass is 333 g/mol. The summed E-state index contributed by atoms with van der Waals surface area (Å²) in [7, 11) is 1.51. The highest BCUT2D eigenvalue weighted by Gasteiger charge is 2.16. The largest absolute Gasteiger partial charge is 0.491 e. The summed E-state index contributed by atoms with van der Waals surface area (Å²) in [6, 6.07) is 8.97. The molecule has 23 heavy (non-hydrogen) atoms. The van der Waals surface area contributed by atoms with Gasteiger partial charge in [-0.25, -0.2) is 0 Å². The molecule has 0 unspecified atom stereocenters. The Labute approximate surface area is 141 Å². The fourth-order valence-corrected chi connectivity index (χ4v) is 2.47.